The van der Waals surface area contributed by atoms with Gasteiger partial charge in [-0.3, -0.25) is 4.90 Å². The molecule has 1 aromatic carbocycles. The molecule has 0 radical (unpaired) electrons. The molecule has 0 aromatic heterocycles. The highest BCUT2D eigenvalue weighted by atomic mass is 16.5. The van der Waals surface area contributed by atoms with Crippen LogP contribution in [0.25, 0.3) is 0 Å². The first-order valence-electron chi connectivity index (χ1n) is 9.16. The molecule has 2 fully saturated rings. The van der Waals surface area contributed by atoms with Crippen LogP contribution in [0.5, 0.6) is 0 Å². The van der Waals surface area contributed by atoms with Crippen molar-refractivity contribution in [2.45, 2.75) is 32.4 Å². The summed E-state index contributed by atoms with van der Waals surface area (Å²) in [4.78, 5) is 16.8. The molecule has 2 saturated heterocycles. The Labute approximate surface area is 145 Å². The zero-order valence-electron chi connectivity index (χ0n) is 14.6. The van der Waals surface area contributed by atoms with E-state index in [0.29, 0.717) is 12.0 Å². The largest absolute Gasteiger partial charge is 0.380 e. The van der Waals surface area contributed by atoms with Crippen molar-refractivity contribution in [3.63, 3.8) is 0 Å². The molecule has 5 nitrogen and oxygen atoms in total. The molecule has 0 unspecified atom stereocenters. The summed E-state index contributed by atoms with van der Waals surface area (Å²) >= 11 is 0. The number of ether oxygens (including phenoxy) is 1. The number of likely N-dealkylation sites (tertiary alicyclic amines) is 1. The van der Waals surface area contributed by atoms with E-state index in [4.69, 9.17) is 4.74 Å². The van der Waals surface area contributed by atoms with Crippen LogP contribution in [0.2, 0.25) is 0 Å². The molecule has 3 rings (SSSR count). The maximum Gasteiger partial charge on any atom is 0.317 e. The number of urea groups is 1. The first-order valence-corrected chi connectivity index (χ1v) is 9.16. The fourth-order valence-electron chi connectivity index (χ4n) is 3.79. The molecule has 2 atom stereocenters. The minimum atomic E-state index is 0.0779. The van der Waals surface area contributed by atoms with E-state index in [-0.39, 0.29) is 6.03 Å². The maximum absolute atomic E-state index is 12.3. The van der Waals surface area contributed by atoms with Gasteiger partial charge in [-0.25, -0.2) is 4.79 Å². The second-order valence-corrected chi connectivity index (χ2v) is 6.83. The van der Waals surface area contributed by atoms with Gasteiger partial charge in [0.1, 0.15) is 0 Å². The Bertz CT molecular complexity index is 523. The normalized spacial score (nSPS) is 25.0. The average molecular weight is 331 g/mol. The van der Waals surface area contributed by atoms with Gasteiger partial charge in [-0.05, 0) is 18.4 Å². The smallest absolute Gasteiger partial charge is 0.317 e. The number of carbonyl (C=O) groups excluding carboxylic acids is 1. The van der Waals surface area contributed by atoms with Gasteiger partial charge in [0, 0.05) is 44.7 Å². The van der Waals surface area contributed by atoms with Crippen molar-refractivity contribution in [2.75, 3.05) is 39.4 Å². The van der Waals surface area contributed by atoms with Gasteiger partial charge in [-0.2, -0.15) is 0 Å². The molecule has 0 saturated carbocycles. The predicted molar refractivity (Wildman–Crippen MR) is 94.8 cm³/mol. The van der Waals surface area contributed by atoms with Crippen molar-refractivity contribution in [1.29, 1.82) is 0 Å². The van der Waals surface area contributed by atoms with Crippen LogP contribution in [0, 0.1) is 5.92 Å². The summed E-state index contributed by atoms with van der Waals surface area (Å²) in [5, 5.41) is 3.00. The summed E-state index contributed by atoms with van der Waals surface area (Å²) in [6.07, 6.45) is 2.00. The number of carbonyl (C=O) groups is 1. The Hall–Kier alpha value is -1.59. The lowest BCUT2D eigenvalue weighted by molar-refractivity contribution is 0.0601. The van der Waals surface area contributed by atoms with Gasteiger partial charge >= 0.3 is 6.03 Å². The molecule has 132 valence electrons. The van der Waals surface area contributed by atoms with Crippen molar-refractivity contribution in [3.8, 4) is 0 Å². The number of hydrogen-bond donors (Lipinski definition) is 1. The molecule has 5 heteroatoms. The summed E-state index contributed by atoms with van der Waals surface area (Å²) < 4.78 is 5.84. The molecular weight excluding hydrogens is 302 g/mol. The maximum atomic E-state index is 12.3. The van der Waals surface area contributed by atoms with Crippen molar-refractivity contribution in [2.24, 2.45) is 5.92 Å². The molecule has 0 spiro atoms. The molecular formula is C19H29N3O2. The van der Waals surface area contributed by atoms with Crippen LogP contribution in [0.15, 0.2) is 30.3 Å². The predicted octanol–water partition coefficient (Wildman–Crippen LogP) is 2.33. The van der Waals surface area contributed by atoms with Crippen LogP contribution in [-0.4, -0.2) is 61.3 Å². The van der Waals surface area contributed by atoms with Crippen LogP contribution in [0.1, 0.15) is 25.3 Å². The molecule has 2 aliphatic heterocycles. The molecule has 0 bridgehead atoms. The number of fused-ring (bicyclic) bond motifs is 1. The van der Waals surface area contributed by atoms with Gasteiger partial charge in [0.2, 0.25) is 0 Å². The third-order valence-electron chi connectivity index (χ3n) is 5.06. The Morgan fingerprint density at radius 1 is 1.29 bits per heavy atom. The summed E-state index contributed by atoms with van der Waals surface area (Å²) in [7, 11) is 0. The second kappa shape index (κ2) is 8.49. The number of piperidine rings is 1. The van der Waals surface area contributed by atoms with Gasteiger partial charge in [0.05, 0.1) is 13.2 Å². The van der Waals surface area contributed by atoms with Gasteiger partial charge in [0.25, 0.3) is 0 Å². The number of nitrogens with one attached hydrogen (secondary N) is 1. The molecule has 2 aliphatic rings. The Morgan fingerprint density at radius 2 is 2.12 bits per heavy atom. The van der Waals surface area contributed by atoms with Crippen molar-refractivity contribution < 1.29 is 9.53 Å². The van der Waals surface area contributed by atoms with E-state index in [9.17, 15) is 4.79 Å². The van der Waals surface area contributed by atoms with E-state index >= 15 is 0 Å². The van der Waals surface area contributed by atoms with E-state index in [1.165, 1.54) is 5.56 Å². The number of rotatable bonds is 4. The number of nitrogens with zero attached hydrogens (tertiary/aromatic N) is 2. The number of hydrogen-bond acceptors (Lipinski definition) is 3. The standard InChI is InChI=1S/C19H29N3O2/c1-2-9-20-19(23)22-10-8-18-17(14-22)15-24-12-11-21(18)13-16-6-4-3-5-7-16/h3-7,17-18H,2,8-15H2,1H3,(H,20,23)/t17-,18-/m1/s1. The lowest BCUT2D eigenvalue weighted by Gasteiger charge is -2.42. The van der Waals surface area contributed by atoms with Gasteiger partial charge < -0.3 is 15.0 Å². The van der Waals surface area contributed by atoms with Crippen molar-refractivity contribution >= 4 is 6.03 Å². The quantitative estimate of drug-likeness (QED) is 0.921. The number of benzene rings is 1. The minimum absolute atomic E-state index is 0.0779. The highest BCUT2D eigenvalue weighted by molar-refractivity contribution is 5.74. The van der Waals surface area contributed by atoms with Gasteiger partial charge in [-0.1, -0.05) is 37.3 Å². The van der Waals surface area contributed by atoms with Crippen LogP contribution < -0.4 is 5.32 Å². The zero-order valence-corrected chi connectivity index (χ0v) is 14.6. The molecule has 1 aromatic rings. The summed E-state index contributed by atoms with van der Waals surface area (Å²) in [6.45, 7) is 7.93. The molecule has 0 aliphatic carbocycles. The van der Waals surface area contributed by atoms with Crippen LogP contribution in [-0.2, 0) is 11.3 Å². The van der Waals surface area contributed by atoms with E-state index in [1.54, 1.807) is 0 Å². The monoisotopic (exact) mass is 331 g/mol. The van der Waals surface area contributed by atoms with E-state index in [0.717, 1.165) is 58.8 Å². The van der Waals surface area contributed by atoms with Gasteiger partial charge in [-0.15, -0.1) is 0 Å². The van der Waals surface area contributed by atoms with Crippen LogP contribution in [0.4, 0.5) is 4.79 Å². The fraction of sp³-hybridized carbons (Fsp3) is 0.632. The Morgan fingerprint density at radius 3 is 2.92 bits per heavy atom. The fourth-order valence-corrected chi connectivity index (χ4v) is 3.79. The lowest BCUT2D eigenvalue weighted by Crippen LogP contribution is -2.54. The third kappa shape index (κ3) is 4.28. The topological polar surface area (TPSA) is 44.8 Å². The molecule has 2 heterocycles. The summed E-state index contributed by atoms with van der Waals surface area (Å²) in [5.41, 5.74) is 1.35. The lowest BCUT2D eigenvalue weighted by atomic mass is 9.91. The Kier molecular flexibility index (Phi) is 6.10. The first-order chi connectivity index (χ1) is 11.8. The third-order valence-corrected chi connectivity index (χ3v) is 5.06. The SMILES string of the molecule is CCCNC(=O)N1CC[C@@H]2[C@@H](COCCN2Cc2ccccc2)C1. The summed E-state index contributed by atoms with van der Waals surface area (Å²) in [6, 6.07) is 11.2. The average Bonchev–Trinajstić information content (AvgIpc) is 2.82. The van der Waals surface area contributed by atoms with E-state index in [1.807, 2.05) is 4.90 Å². The highest BCUT2D eigenvalue weighted by Crippen LogP contribution is 2.26. The van der Waals surface area contributed by atoms with E-state index < -0.39 is 0 Å². The van der Waals surface area contributed by atoms with Crippen LogP contribution >= 0.6 is 0 Å². The molecule has 24 heavy (non-hydrogen) atoms. The summed E-state index contributed by atoms with van der Waals surface area (Å²) in [5.74, 6) is 0.400. The highest BCUT2D eigenvalue weighted by Gasteiger charge is 2.36. The van der Waals surface area contributed by atoms with Crippen molar-refractivity contribution in [1.82, 2.24) is 15.1 Å². The van der Waals surface area contributed by atoms with Crippen molar-refractivity contribution in [3.05, 3.63) is 35.9 Å². The van der Waals surface area contributed by atoms with Crippen LogP contribution in [0.3, 0.4) is 0 Å². The minimum Gasteiger partial charge on any atom is -0.380 e. The first kappa shape index (κ1) is 17.2. The molecule has 2 amide bonds. The molecule has 1 N–H and O–H groups in total. The Balaban J connectivity index is 1.63. The van der Waals surface area contributed by atoms with Gasteiger partial charge in [0.15, 0.2) is 0 Å². The number of amides is 2. The van der Waals surface area contributed by atoms with E-state index in [2.05, 4.69) is 47.5 Å². The second-order valence-electron chi connectivity index (χ2n) is 6.83. The zero-order chi connectivity index (χ0) is 16.8.